The number of amides is 1. The summed E-state index contributed by atoms with van der Waals surface area (Å²) in [5.74, 6) is 3.36. The summed E-state index contributed by atoms with van der Waals surface area (Å²) >= 11 is 0. The monoisotopic (exact) mass is 237 g/mol. The van der Waals surface area contributed by atoms with Gasteiger partial charge in [-0.05, 0) is 6.07 Å². The zero-order valence-corrected chi connectivity index (χ0v) is 8.48. The fraction of sp³-hybridized carbons (Fsp3) is 0. The molecule has 0 saturated heterocycles. The molecule has 7 nitrogen and oxygen atoms in total. The fourth-order valence-corrected chi connectivity index (χ4v) is 1.18. The summed E-state index contributed by atoms with van der Waals surface area (Å²) in [6.45, 7) is 0. The van der Waals surface area contributed by atoms with Gasteiger partial charge >= 0.3 is 0 Å². The first-order valence-corrected chi connectivity index (χ1v) is 4.54. The van der Waals surface area contributed by atoms with Crippen LogP contribution in [0.1, 0.15) is 10.4 Å². The second kappa shape index (κ2) is 4.58. The predicted molar refractivity (Wildman–Crippen MR) is 56.5 cm³/mol. The van der Waals surface area contributed by atoms with Crippen molar-refractivity contribution in [1.29, 1.82) is 0 Å². The van der Waals surface area contributed by atoms with Crippen LogP contribution in [0.4, 0.5) is 15.9 Å². The maximum Gasteiger partial charge on any atom is 0.258 e. The SMILES string of the molecule is NNc1nccc(C(=O)Nc2cnoc2)c1F. The molecule has 2 heterocycles. The molecule has 4 N–H and O–H groups in total. The summed E-state index contributed by atoms with van der Waals surface area (Å²) in [5, 5.41) is 5.80. The lowest BCUT2D eigenvalue weighted by Crippen LogP contribution is -2.17. The first-order valence-electron chi connectivity index (χ1n) is 4.54. The van der Waals surface area contributed by atoms with Gasteiger partial charge in [-0.15, -0.1) is 0 Å². The Morgan fingerprint density at radius 2 is 2.35 bits per heavy atom. The van der Waals surface area contributed by atoms with Crippen LogP contribution in [0.25, 0.3) is 0 Å². The smallest absolute Gasteiger partial charge is 0.258 e. The average molecular weight is 237 g/mol. The van der Waals surface area contributed by atoms with Crippen LogP contribution in [0.3, 0.4) is 0 Å². The molecule has 0 aliphatic heterocycles. The van der Waals surface area contributed by atoms with Crippen molar-refractivity contribution in [3.63, 3.8) is 0 Å². The van der Waals surface area contributed by atoms with Gasteiger partial charge in [0.15, 0.2) is 11.6 Å². The molecule has 0 radical (unpaired) electrons. The number of halogens is 1. The van der Waals surface area contributed by atoms with E-state index < -0.39 is 11.7 Å². The van der Waals surface area contributed by atoms with Gasteiger partial charge in [0.1, 0.15) is 12.0 Å². The van der Waals surface area contributed by atoms with E-state index in [1.165, 1.54) is 24.7 Å². The van der Waals surface area contributed by atoms with Crippen molar-refractivity contribution in [2.24, 2.45) is 5.84 Å². The first-order chi connectivity index (χ1) is 8.22. The summed E-state index contributed by atoms with van der Waals surface area (Å²) in [6, 6.07) is 1.24. The summed E-state index contributed by atoms with van der Waals surface area (Å²) in [5.41, 5.74) is 2.19. The van der Waals surface area contributed by atoms with Crippen LogP contribution in [-0.2, 0) is 0 Å². The highest BCUT2D eigenvalue weighted by atomic mass is 19.1. The number of anilines is 2. The van der Waals surface area contributed by atoms with Gasteiger partial charge in [-0.2, -0.15) is 0 Å². The Bertz CT molecular complexity index is 528. The lowest BCUT2D eigenvalue weighted by atomic mass is 10.2. The van der Waals surface area contributed by atoms with Gasteiger partial charge in [-0.25, -0.2) is 15.2 Å². The maximum absolute atomic E-state index is 13.6. The van der Waals surface area contributed by atoms with Crippen LogP contribution in [0.15, 0.2) is 29.2 Å². The second-order valence-electron chi connectivity index (χ2n) is 3.03. The Hall–Kier alpha value is -2.48. The Balaban J connectivity index is 2.25. The number of rotatable bonds is 3. The summed E-state index contributed by atoms with van der Waals surface area (Å²) < 4.78 is 18.2. The molecule has 88 valence electrons. The minimum atomic E-state index is -0.830. The van der Waals surface area contributed by atoms with E-state index in [0.29, 0.717) is 5.69 Å². The van der Waals surface area contributed by atoms with Crippen LogP contribution in [0.2, 0.25) is 0 Å². The molecule has 8 heteroatoms. The van der Waals surface area contributed by atoms with E-state index >= 15 is 0 Å². The molecule has 2 rings (SSSR count). The van der Waals surface area contributed by atoms with E-state index in [1.807, 2.05) is 0 Å². The van der Waals surface area contributed by atoms with Crippen LogP contribution >= 0.6 is 0 Å². The molecule has 0 spiro atoms. The highest BCUT2D eigenvalue weighted by Gasteiger charge is 2.16. The number of nitrogen functional groups attached to an aromatic ring is 1. The predicted octanol–water partition coefficient (Wildman–Crippen LogP) is 0.747. The fourth-order valence-electron chi connectivity index (χ4n) is 1.18. The number of nitrogens with two attached hydrogens (primary N) is 1. The van der Waals surface area contributed by atoms with Crippen molar-refractivity contribution in [2.45, 2.75) is 0 Å². The van der Waals surface area contributed by atoms with Crippen LogP contribution in [0.5, 0.6) is 0 Å². The number of nitrogens with zero attached hydrogens (tertiary/aromatic N) is 2. The lowest BCUT2D eigenvalue weighted by molar-refractivity contribution is 0.102. The van der Waals surface area contributed by atoms with Gasteiger partial charge in [-0.1, -0.05) is 5.16 Å². The number of hydrogen-bond acceptors (Lipinski definition) is 6. The van der Waals surface area contributed by atoms with Crippen molar-refractivity contribution >= 4 is 17.4 Å². The molecule has 0 aliphatic rings. The van der Waals surface area contributed by atoms with E-state index in [9.17, 15) is 9.18 Å². The highest BCUT2D eigenvalue weighted by Crippen LogP contribution is 2.15. The average Bonchev–Trinajstić information content (AvgIpc) is 2.82. The molecule has 2 aromatic rings. The number of nitrogens with one attached hydrogen (secondary N) is 2. The zero-order valence-electron chi connectivity index (χ0n) is 8.48. The molecule has 2 aromatic heterocycles. The summed E-state index contributed by atoms with van der Waals surface area (Å²) in [7, 11) is 0. The third-order valence-electron chi connectivity index (χ3n) is 1.96. The summed E-state index contributed by atoms with van der Waals surface area (Å²) in [4.78, 5) is 15.3. The maximum atomic E-state index is 13.6. The lowest BCUT2D eigenvalue weighted by Gasteiger charge is -2.06. The molecule has 0 aromatic carbocycles. The van der Waals surface area contributed by atoms with E-state index in [0.717, 1.165) is 0 Å². The van der Waals surface area contributed by atoms with Gasteiger partial charge in [0, 0.05) is 6.20 Å². The van der Waals surface area contributed by atoms with E-state index in [4.69, 9.17) is 5.84 Å². The highest BCUT2D eigenvalue weighted by molar-refractivity contribution is 6.04. The van der Waals surface area contributed by atoms with Crippen molar-refractivity contribution in [3.05, 3.63) is 36.1 Å². The summed E-state index contributed by atoms with van der Waals surface area (Å²) in [6.07, 6.45) is 3.78. The Morgan fingerprint density at radius 1 is 1.53 bits per heavy atom. The molecule has 0 unspecified atom stereocenters. The number of carbonyl (C=O) groups is 1. The van der Waals surface area contributed by atoms with Gasteiger partial charge in [0.2, 0.25) is 0 Å². The number of aromatic nitrogens is 2. The van der Waals surface area contributed by atoms with E-state index in [1.54, 1.807) is 0 Å². The minimum absolute atomic E-state index is 0.186. The van der Waals surface area contributed by atoms with Gasteiger partial charge in [0.25, 0.3) is 5.91 Å². The standard InChI is InChI=1S/C9H8FN5O2/c10-7-6(1-2-12-8(7)15-11)9(16)14-5-3-13-17-4-5/h1-4H,11H2,(H,12,15)(H,14,16). The molecule has 0 bridgehead atoms. The molecule has 0 aliphatic carbocycles. The molecule has 0 atom stereocenters. The van der Waals surface area contributed by atoms with Crippen LogP contribution in [0, 0.1) is 5.82 Å². The Morgan fingerprint density at radius 3 is 3.00 bits per heavy atom. The molecule has 0 fully saturated rings. The number of pyridine rings is 1. The molecule has 1 amide bonds. The normalized spacial score (nSPS) is 10.0. The number of hydrazine groups is 1. The van der Waals surface area contributed by atoms with Crippen molar-refractivity contribution < 1.29 is 13.7 Å². The van der Waals surface area contributed by atoms with Crippen molar-refractivity contribution in [2.75, 3.05) is 10.7 Å². The third-order valence-corrected chi connectivity index (χ3v) is 1.96. The van der Waals surface area contributed by atoms with Gasteiger partial charge < -0.3 is 15.3 Å². The quantitative estimate of drug-likeness (QED) is 0.537. The largest absolute Gasteiger partial charge is 0.363 e. The topological polar surface area (TPSA) is 106 Å². The van der Waals surface area contributed by atoms with Gasteiger partial charge in [0.05, 0.1) is 11.8 Å². The second-order valence-corrected chi connectivity index (χ2v) is 3.03. The number of hydrogen-bond donors (Lipinski definition) is 3. The molecular formula is C9H8FN5O2. The number of carbonyl (C=O) groups excluding carboxylic acids is 1. The van der Waals surface area contributed by atoms with E-state index in [-0.39, 0.29) is 11.4 Å². The third kappa shape index (κ3) is 2.21. The van der Waals surface area contributed by atoms with E-state index in [2.05, 4.69) is 25.4 Å². The molecule has 17 heavy (non-hydrogen) atoms. The first kappa shape index (κ1) is 11.0. The van der Waals surface area contributed by atoms with Crippen LogP contribution < -0.4 is 16.6 Å². The zero-order chi connectivity index (χ0) is 12.3. The molecule has 0 saturated carbocycles. The Kier molecular flexibility index (Phi) is 2.97. The molecular weight excluding hydrogens is 229 g/mol. The Labute approximate surface area is 94.8 Å². The minimum Gasteiger partial charge on any atom is -0.363 e. The van der Waals surface area contributed by atoms with Gasteiger partial charge in [-0.3, -0.25) is 4.79 Å². The van der Waals surface area contributed by atoms with Crippen molar-refractivity contribution in [3.8, 4) is 0 Å². The van der Waals surface area contributed by atoms with Crippen molar-refractivity contribution in [1.82, 2.24) is 10.1 Å². The van der Waals surface area contributed by atoms with Crippen LogP contribution in [-0.4, -0.2) is 16.0 Å².